The van der Waals surface area contributed by atoms with Crippen LogP contribution in [0.1, 0.15) is 0 Å². The molecule has 408 valence electrons. The van der Waals surface area contributed by atoms with Gasteiger partial charge in [-0.2, -0.15) is 0 Å². The Bertz CT molecular complexity index is 6380. The predicted molar refractivity (Wildman–Crippen MR) is 361 cm³/mol. The Balaban J connectivity index is 0.783. The third-order valence-electron chi connectivity index (χ3n) is 18.4. The van der Waals surface area contributed by atoms with Gasteiger partial charge in [0.1, 0.15) is 16.7 Å². The van der Waals surface area contributed by atoms with Crippen molar-refractivity contribution in [2.45, 2.75) is 0 Å². The molecule has 7 heterocycles. The highest BCUT2D eigenvalue weighted by Gasteiger charge is 2.24. The minimum atomic E-state index is 0.618. The Morgan fingerprint density at radius 1 is 0.239 bits per heavy atom. The molecule has 20 rings (SSSR count). The quantitative estimate of drug-likeness (QED) is 0.166. The molecule has 20 aromatic rings. The second-order valence-electron chi connectivity index (χ2n) is 23.1. The molecule has 0 aliphatic heterocycles. The number of fused-ring (bicyclic) bond motifs is 22. The Morgan fingerprint density at radius 2 is 0.636 bits per heavy atom. The summed E-state index contributed by atoms with van der Waals surface area (Å²) >= 11 is 0. The summed E-state index contributed by atoms with van der Waals surface area (Å²) in [6.07, 6.45) is 0. The molecule has 0 bridgehead atoms. The van der Waals surface area contributed by atoms with E-state index >= 15 is 0 Å². The molecule has 13 aromatic carbocycles. The molecule has 0 unspecified atom stereocenters. The first-order valence-electron chi connectivity index (χ1n) is 29.8. The molecule has 0 spiro atoms. The number of aromatic nitrogens is 5. The minimum absolute atomic E-state index is 0.618. The Kier molecular flexibility index (Phi) is 9.57. The molecule has 0 saturated heterocycles. The Morgan fingerprint density at radius 3 is 1.12 bits per heavy atom. The van der Waals surface area contributed by atoms with E-state index in [4.69, 9.17) is 23.2 Å². The van der Waals surface area contributed by atoms with E-state index < -0.39 is 0 Å². The number of furan rings is 3. The molecule has 8 heteroatoms. The smallest absolute Gasteiger partial charge is 0.160 e. The zero-order valence-corrected chi connectivity index (χ0v) is 46.9. The number of hydrogen-bond acceptors (Lipinski definition) is 5. The summed E-state index contributed by atoms with van der Waals surface area (Å²) < 4.78 is 27.3. The number of benzene rings is 13. The molecule has 0 atom stereocenters. The van der Waals surface area contributed by atoms with Crippen LogP contribution in [0.4, 0.5) is 0 Å². The van der Waals surface area contributed by atoms with Gasteiger partial charge in [-0.25, -0.2) is 9.97 Å². The van der Waals surface area contributed by atoms with E-state index in [1.54, 1.807) is 0 Å². The second kappa shape index (κ2) is 17.8. The van der Waals surface area contributed by atoms with Gasteiger partial charge in [-0.3, -0.25) is 0 Å². The summed E-state index contributed by atoms with van der Waals surface area (Å²) in [6.45, 7) is 0. The maximum absolute atomic E-state index is 6.81. The van der Waals surface area contributed by atoms with Gasteiger partial charge in [-0.1, -0.05) is 170 Å². The lowest BCUT2D eigenvalue weighted by Crippen LogP contribution is -1.99. The highest BCUT2D eigenvalue weighted by molar-refractivity contribution is 6.24. The molecule has 0 fully saturated rings. The van der Waals surface area contributed by atoms with E-state index in [1.165, 1.54) is 5.39 Å². The first-order valence-corrected chi connectivity index (χ1v) is 29.8. The summed E-state index contributed by atoms with van der Waals surface area (Å²) in [7, 11) is 0. The second-order valence-corrected chi connectivity index (χ2v) is 23.1. The Hall–Kier alpha value is -12.0. The summed E-state index contributed by atoms with van der Waals surface area (Å²) in [5, 5.41) is 14.4. The van der Waals surface area contributed by atoms with Crippen LogP contribution in [0, 0.1) is 0 Å². The van der Waals surface area contributed by atoms with Crippen molar-refractivity contribution >= 4 is 142 Å². The van der Waals surface area contributed by atoms with Crippen molar-refractivity contribution < 1.29 is 13.3 Å². The van der Waals surface area contributed by atoms with Crippen molar-refractivity contribution in [3.05, 3.63) is 273 Å². The van der Waals surface area contributed by atoms with E-state index in [0.717, 1.165) is 182 Å². The van der Waals surface area contributed by atoms with Gasteiger partial charge in [0.15, 0.2) is 22.6 Å². The van der Waals surface area contributed by atoms with Crippen molar-refractivity contribution in [3.8, 4) is 50.8 Å². The van der Waals surface area contributed by atoms with E-state index in [2.05, 4.69) is 262 Å². The van der Waals surface area contributed by atoms with E-state index in [-0.39, 0.29) is 0 Å². The SMILES string of the molecule is c1cc(-c2nc(-c3cccc(-n4c5ccccc5c5ccc6c7ccccc7oc6c54)c3)c3cc(-c4ccc(-n5c6ccccc6c6ccc7c8ccccc8oc7c65)cc4)ccc3n2)cc(-n2c3ccccc3c3ccc4c5ccccc5oc4c32)c1. The number of para-hydroxylation sites is 6. The van der Waals surface area contributed by atoms with Crippen LogP contribution in [-0.2, 0) is 0 Å². The number of hydrogen-bond donors (Lipinski definition) is 0. The molecule has 88 heavy (non-hydrogen) atoms. The lowest BCUT2D eigenvalue weighted by Gasteiger charge is -2.15. The maximum atomic E-state index is 6.81. The molecule has 8 nitrogen and oxygen atoms in total. The van der Waals surface area contributed by atoms with Gasteiger partial charge >= 0.3 is 0 Å². The van der Waals surface area contributed by atoms with Crippen molar-refractivity contribution in [1.29, 1.82) is 0 Å². The Labute approximate surface area is 500 Å². The molecule has 0 saturated carbocycles. The van der Waals surface area contributed by atoms with Crippen LogP contribution in [0.25, 0.3) is 193 Å². The molecule has 0 amide bonds. The summed E-state index contributed by atoms with van der Waals surface area (Å²) in [5.74, 6) is 0.618. The van der Waals surface area contributed by atoms with Crippen LogP contribution in [0.15, 0.2) is 286 Å². The van der Waals surface area contributed by atoms with Crippen LogP contribution in [0.5, 0.6) is 0 Å². The average Bonchev–Trinajstić information content (AvgIpc) is 1.67. The molecule has 0 aliphatic rings. The predicted octanol–water partition coefficient (Wildman–Crippen LogP) is 21.6. The van der Waals surface area contributed by atoms with E-state index in [1.807, 2.05) is 24.3 Å². The molecule has 0 N–H and O–H groups in total. The van der Waals surface area contributed by atoms with Crippen LogP contribution in [-0.4, -0.2) is 23.7 Å². The monoisotopic (exact) mass is 1120 g/mol. The first kappa shape index (κ1) is 47.4. The number of rotatable bonds is 6. The molecular weight excluding hydrogens is 1080 g/mol. The van der Waals surface area contributed by atoms with Gasteiger partial charge in [-0.15, -0.1) is 0 Å². The van der Waals surface area contributed by atoms with Crippen molar-refractivity contribution in [3.63, 3.8) is 0 Å². The number of nitrogens with zero attached hydrogens (tertiary/aromatic N) is 5. The van der Waals surface area contributed by atoms with Crippen molar-refractivity contribution in [2.75, 3.05) is 0 Å². The molecule has 7 aromatic heterocycles. The summed E-state index contributed by atoms with van der Waals surface area (Å²) in [4.78, 5) is 11.2. The normalized spacial score (nSPS) is 12.3. The van der Waals surface area contributed by atoms with Gasteiger partial charge in [0.2, 0.25) is 0 Å². The summed E-state index contributed by atoms with van der Waals surface area (Å²) in [6, 6.07) is 97.1. The van der Waals surface area contributed by atoms with Gasteiger partial charge < -0.3 is 27.0 Å². The molecule has 0 radical (unpaired) electrons. The molecule has 0 aliphatic carbocycles. The van der Waals surface area contributed by atoms with Gasteiger partial charge in [-0.05, 0) is 114 Å². The first-order chi connectivity index (χ1) is 43.6. The third kappa shape index (κ3) is 6.62. The van der Waals surface area contributed by atoms with Crippen molar-refractivity contribution in [1.82, 2.24) is 23.7 Å². The summed E-state index contributed by atoms with van der Waals surface area (Å²) in [5.41, 5.74) is 20.2. The average molecular weight is 1120 g/mol. The zero-order chi connectivity index (χ0) is 57.3. The largest absolute Gasteiger partial charge is 0.454 e. The zero-order valence-electron chi connectivity index (χ0n) is 46.9. The standard InChI is InChI=1S/C80H45N5O3/c1-7-25-67-53(19-1)59-36-39-62-56-22-4-10-28-70(56)86-77(62)74(59)83(67)50-34-31-46(32-35-50)47-33-42-66-65(45-47)73(48-15-13-17-51(43-48)84-68-26-8-2-20-54(68)60-37-40-63-57-23-5-11-29-71(57)87-78(63)75(60)84)82-80(81-66)49-16-14-18-52(44-49)85-69-27-9-3-21-55(69)61-38-41-64-58-24-6-12-30-72(58)88-79(64)76(61)85/h1-45H. The van der Waals surface area contributed by atoms with Crippen LogP contribution >= 0.6 is 0 Å². The fourth-order valence-corrected chi connectivity index (χ4v) is 14.5. The van der Waals surface area contributed by atoms with Crippen LogP contribution in [0.3, 0.4) is 0 Å². The minimum Gasteiger partial charge on any atom is -0.454 e. The van der Waals surface area contributed by atoms with Gasteiger partial charge in [0.25, 0.3) is 0 Å². The highest BCUT2D eigenvalue weighted by atomic mass is 16.3. The van der Waals surface area contributed by atoms with Crippen molar-refractivity contribution in [2.24, 2.45) is 0 Å². The topological polar surface area (TPSA) is 80.0 Å². The fraction of sp³-hybridized carbons (Fsp3) is 0. The van der Waals surface area contributed by atoms with E-state index in [9.17, 15) is 0 Å². The van der Waals surface area contributed by atoms with Crippen LogP contribution in [0.2, 0.25) is 0 Å². The lowest BCUT2D eigenvalue weighted by atomic mass is 9.99. The van der Waals surface area contributed by atoms with E-state index in [0.29, 0.717) is 5.82 Å². The third-order valence-corrected chi connectivity index (χ3v) is 18.4. The molecular formula is C80H45N5O3. The van der Waals surface area contributed by atoms with Crippen LogP contribution < -0.4 is 0 Å². The van der Waals surface area contributed by atoms with Gasteiger partial charge in [0, 0.05) is 98.2 Å². The highest BCUT2D eigenvalue weighted by Crippen LogP contribution is 2.45. The maximum Gasteiger partial charge on any atom is 0.160 e. The lowest BCUT2D eigenvalue weighted by molar-refractivity contribution is 0.670. The fourth-order valence-electron chi connectivity index (χ4n) is 14.5. The van der Waals surface area contributed by atoms with Gasteiger partial charge in [0.05, 0.1) is 44.3 Å².